The molecule has 0 aromatic carbocycles. The summed E-state index contributed by atoms with van der Waals surface area (Å²) in [6.07, 6.45) is -1.06. The number of carbonyl (C=O) groups excluding carboxylic acids is 1. The van der Waals surface area contributed by atoms with E-state index in [0.717, 1.165) is 0 Å². The van der Waals surface area contributed by atoms with Gasteiger partial charge in [-0.15, -0.1) is 0 Å². The second-order valence-electron chi connectivity index (χ2n) is 2.41. The molecule has 5 nitrogen and oxygen atoms in total. The van der Waals surface area contributed by atoms with E-state index >= 15 is 0 Å². The first-order valence-corrected chi connectivity index (χ1v) is 4.04. The quantitative estimate of drug-likeness (QED) is 0.331. The molecule has 0 saturated carbocycles. The lowest BCUT2D eigenvalue weighted by Gasteiger charge is -1.99. The minimum absolute atomic E-state index is 0.0473. The highest BCUT2D eigenvalue weighted by Gasteiger charge is 1.99. The molecule has 0 heterocycles. The van der Waals surface area contributed by atoms with Crippen molar-refractivity contribution in [2.24, 2.45) is 0 Å². The molecular formula is C9H17O5. The fourth-order valence-corrected chi connectivity index (χ4v) is 0.262. The van der Waals surface area contributed by atoms with E-state index in [1.807, 2.05) is 0 Å². The molecule has 14 heavy (non-hydrogen) atoms. The normalized spacial score (nSPS) is 9.00. The fraction of sp³-hybridized carbons (Fsp3) is 0.556. The van der Waals surface area contributed by atoms with Gasteiger partial charge in [-0.3, -0.25) is 0 Å². The number of hydrogen-bond acceptors (Lipinski definition) is 5. The second-order valence-corrected chi connectivity index (χ2v) is 2.41. The summed E-state index contributed by atoms with van der Waals surface area (Å²) in [6.45, 7) is 8.00. The number of aliphatic hydroxyl groups excluding tert-OH is 2. The standard InChI is InChI=1S/C6H10O3.C3H7O2/c1-5(2)6(8)9-4-3-7;1-2-3(4)5/h7H,1,3-4H2,2H3;3-5H,1-2H2. The summed E-state index contributed by atoms with van der Waals surface area (Å²) in [6, 6.07) is 0. The lowest BCUT2D eigenvalue weighted by atomic mass is 10.4. The van der Waals surface area contributed by atoms with Gasteiger partial charge in [0.1, 0.15) is 6.61 Å². The summed E-state index contributed by atoms with van der Waals surface area (Å²) in [7, 11) is 0. The van der Waals surface area contributed by atoms with E-state index in [1.165, 1.54) is 0 Å². The summed E-state index contributed by atoms with van der Waals surface area (Å²) in [5, 5.41) is 23.9. The molecule has 0 aliphatic heterocycles. The van der Waals surface area contributed by atoms with E-state index in [2.05, 4.69) is 18.2 Å². The molecule has 0 unspecified atom stereocenters. The largest absolute Gasteiger partial charge is 0.460 e. The number of carbonyl (C=O) groups is 1. The maximum atomic E-state index is 10.5. The Hall–Kier alpha value is -0.910. The molecule has 0 atom stereocenters. The average Bonchev–Trinajstić information content (AvgIpc) is 2.14. The summed E-state index contributed by atoms with van der Waals surface area (Å²) < 4.78 is 4.46. The van der Waals surface area contributed by atoms with Crippen molar-refractivity contribution in [3.05, 3.63) is 19.1 Å². The van der Waals surface area contributed by atoms with Crippen molar-refractivity contribution < 1.29 is 24.9 Å². The van der Waals surface area contributed by atoms with E-state index in [4.69, 9.17) is 15.3 Å². The van der Waals surface area contributed by atoms with Gasteiger partial charge in [-0.25, -0.2) is 4.79 Å². The van der Waals surface area contributed by atoms with Crippen LogP contribution >= 0.6 is 0 Å². The number of hydrogen-bond donors (Lipinski definition) is 3. The molecule has 0 aromatic rings. The van der Waals surface area contributed by atoms with E-state index in [1.54, 1.807) is 6.92 Å². The van der Waals surface area contributed by atoms with Gasteiger partial charge in [-0.05, 0) is 20.3 Å². The van der Waals surface area contributed by atoms with Crippen molar-refractivity contribution in [3.63, 3.8) is 0 Å². The lowest BCUT2D eigenvalue weighted by molar-refractivity contribution is -0.139. The predicted molar refractivity (Wildman–Crippen MR) is 51.1 cm³/mol. The van der Waals surface area contributed by atoms with Crippen LogP contribution in [0.15, 0.2) is 12.2 Å². The maximum absolute atomic E-state index is 10.5. The van der Waals surface area contributed by atoms with Crippen LogP contribution in [0.4, 0.5) is 0 Å². The Morgan fingerprint density at radius 2 is 1.93 bits per heavy atom. The molecule has 0 bridgehead atoms. The zero-order valence-electron chi connectivity index (χ0n) is 8.27. The predicted octanol–water partition coefficient (Wildman–Crippen LogP) is -0.381. The molecule has 3 N–H and O–H groups in total. The van der Waals surface area contributed by atoms with Crippen LogP contribution in [0.5, 0.6) is 0 Å². The number of rotatable bonds is 4. The minimum Gasteiger partial charge on any atom is -0.460 e. The van der Waals surface area contributed by atoms with E-state index in [0.29, 0.717) is 5.57 Å². The molecule has 0 spiro atoms. The van der Waals surface area contributed by atoms with Crippen LogP contribution in [0.2, 0.25) is 0 Å². The van der Waals surface area contributed by atoms with Gasteiger partial charge in [0, 0.05) is 5.57 Å². The third-order valence-corrected chi connectivity index (χ3v) is 0.931. The monoisotopic (exact) mass is 205 g/mol. The van der Waals surface area contributed by atoms with Crippen molar-refractivity contribution in [3.8, 4) is 0 Å². The van der Waals surface area contributed by atoms with Gasteiger partial charge in [0.05, 0.1) is 6.61 Å². The number of esters is 1. The van der Waals surface area contributed by atoms with Crippen LogP contribution in [0.25, 0.3) is 0 Å². The lowest BCUT2D eigenvalue weighted by Crippen LogP contribution is -2.08. The zero-order valence-corrected chi connectivity index (χ0v) is 8.27. The van der Waals surface area contributed by atoms with E-state index in [9.17, 15) is 4.79 Å². The molecule has 0 amide bonds. The summed E-state index contributed by atoms with van der Waals surface area (Å²) in [4.78, 5) is 10.5. The highest BCUT2D eigenvalue weighted by Crippen LogP contribution is 1.89. The third kappa shape index (κ3) is 13.7. The Bertz CT molecular complexity index is 165. The van der Waals surface area contributed by atoms with Crippen molar-refractivity contribution in [1.29, 1.82) is 0 Å². The number of aliphatic hydroxyl groups is 3. The van der Waals surface area contributed by atoms with Crippen LogP contribution in [-0.2, 0) is 9.53 Å². The van der Waals surface area contributed by atoms with Crippen molar-refractivity contribution in [1.82, 2.24) is 0 Å². The molecular weight excluding hydrogens is 188 g/mol. The number of ether oxygens (including phenoxy) is 1. The van der Waals surface area contributed by atoms with Crippen molar-refractivity contribution >= 4 is 5.97 Å². The Kier molecular flexibility index (Phi) is 11.3. The second kappa shape index (κ2) is 10.2. The molecule has 0 fully saturated rings. The maximum Gasteiger partial charge on any atom is 0.333 e. The van der Waals surface area contributed by atoms with Crippen molar-refractivity contribution in [2.45, 2.75) is 19.6 Å². The highest BCUT2D eigenvalue weighted by molar-refractivity contribution is 5.86. The van der Waals surface area contributed by atoms with Gasteiger partial charge in [-0.2, -0.15) is 0 Å². The van der Waals surface area contributed by atoms with Gasteiger partial charge < -0.3 is 20.1 Å². The topological polar surface area (TPSA) is 87.0 Å². The van der Waals surface area contributed by atoms with Crippen LogP contribution in [0.1, 0.15) is 13.3 Å². The first-order valence-electron chi connectivity index (χ1n) is 4.04. The molecule has 0 saturated heterocycles. The van der Waals surface area contributed by atoms with Crippen LogP contribution < -0.4 is 0 Å². The average molecular weight is 205 g/mol. The molecule has 0 aliphatic rings. The molecule has 83 valence electrons. The fourth-order valence-electron chi connectivity index (χ4n) is 0.262. The first-order chi connectivity index (χ1) is 6.45. The van der Waals surface area contributed by atoms with Gasteiger partial charge in [-0.1, -0.05) is 6.58 Å². The Balaban J connectivity index is 0. The smallest absolute Gasteiger partial charge is 0.333 e. The van der Waals surface area contributed by atoms with E-state index < -0.39 is 12.3 Å². The SMILES string of the molecule is C=C(C)C(=O)OCCO.[CH2]CC(O)O. The minimum atomic E-state index is -1.23. The molecule has 0 rings (SSSR count). The Morgan fingerprint density at radius 1 is 1.50 bits per heavy atom. The molecule has 0 aliphatic carbocycles. The van der Waals surface area contributed by atoms with Crippen molar-refractivity contribution in [2.75, 3.05) is 13.2 Å². The first kappa shape index (κ1) is 15.6. The summed E-state index contributed by atoms with van der Waals surface area (Å²) >= 11 is 0. The van der Waals surface area contributed by atoms with Crippen LogP contribution in [0, 0.1) is 6.92 Å². The van der Waals surface area contributed by atoms with E-state index in [-0.39, 0.29) is 19.6 Å². The molecule has 1 radical (unpaired) electrons. The molecule has 5 heteroatoms. The van der Waals surface area contributed by atoms with Gasteiger partial charge in [0.2, 0.25) is 0 Å². The highest BCUT2D eigenvalue weighted by atomic mass is 16.5. The van der Waals surface area contributed by atoms with Gasteiger partial charge >= 0.3 is 5.97 Å². The Morgan fingerprint density at radius 3 is 2.14 bits per heavy atom. The summed E-state index contributed by atoms with van der Waals surface area (Å²) in [5.41, 5.74) is 0.350. The summed E-state index contributed by atoms with van der Waals surface area (Å²) in [5.74, 6) is -0.455. The third-order valence-electron chi connectivity index (χ3n) is 0.931. The van der Waals surface area contributed by atoms with Gasteiger partial charge in [0.25, 0.3) is 0 Å². The van der Waals surface area contributed by atoms with Gasteiger partial charge in [0.15, 0.2) is 6.29 Å². The van der Waals surface area contributed by atoms with Crippen LogP contribution in [0.3, 0.4) is 0 Å². The van der Waals surface area contributed by atoms with Crippen LogP contribution in [-0.4, -0.2) is 40.8 Å². The zero-order chi connectivity index (χ0) is 11.6. The Labute approximate surface area is 83.6 Å². The molecule has 0 aromatic heterocycles.